The number of carbonyl (C=O) groups excluding carboxylic acids is 1. The zero-order valence-corrected chi connectivity index (χ0v) is 11.5. The van der Waals surface area contributed by atoms with Crippen LogP contribution in [-0.2, 0) is 4.79 Å². The van der Waals surface area contributed by atoms with Crippen LogP contribution in [0.3, 0.4) is 0 Å². The van der Waals surface area contributed by atoms with E-state index in [1.165, 1.54) is 0 Å². The van der Waals surface area contributed by atoms with Gasteiger partial charge in [-0.05, 0) is 18.2 Å². The van der Waals surface area contributed by atoms with Crippen molar-refractivity contribution in [2.45, 2.75) is 25.4 Å². The van der Waals surface area contributed by atoms with Crippen LogP contribution < -0.4 is 11.1 Å². The minimum Gasteiger partial charge on any atom is -0.337 e. The fourth-order valence-corrected chi connectivity index (χ4v) is 2.57. The first kappa shape index (κ1) is 13.5. The number of hydrogen-bond donors (Lipinski definition) is 2. The number of carbonyl (C=O) groups is 1. The lowest BCUT2D eigenvalue weighted by molar-refractivity contribution is -0.128. The van der Waals surface area contributed by atoms with Gasteiger partial charge in [-0.15, -0.1) is 0 Å². The van der Waals surface area contributed by atoms with Crippen LogP contribution >= 0.6 is 0 Å². The normalized spacial score (nSPS) is 16.0. The second kappa shape index (κ2) is 5.51. The average molecular weight is 280 g/mol. The number of hydrogen-bond acceptors (Lipinski definition) is 4. The molecule has 1 saturated carbocycles. The first-order valence-corrected chi connectivity index (χ1v) is 7.04. The Kier molecular flexibility index (Phi) is 3.55. The van der Waals surface area contributed by atoms with E-state index >= 15 is 0 Å². The van der Waals surface area contributed by atoms with Crippen molar-refractivity contribution in [3.05, 3.63) is 41.7 Å². The van der Waals surface area contributed by atoms with Crippen LogP contribution in [-0.4, -0.2) is 10.9 Å². The zero-order valence-electron chi connectivity index (χ0n) is 11.5. The molecule has 21 heavy (non-hydrogen) atoms. The summed E-state index contributed by atoms with van der Waals surface area (Å²) in [6.07, 6.45) is 3.94. The predicted molar refractivity (Wildman–Crippen MR) is 78.9 cm³/mol. The number of nitriles is 1. The maximum Gasteiger partial charge on any atom is 0.224 e. The van der Waals surface area contributed by atoms with Crippen LogP contribution in [0.2, 0.25) is 0 Å². The lowest BCUT2D eigenvalue weighted by Crippen LogP contribution is -2.40. The third-order valence-corrected chi connectivity index (χ3v) is 4.04. The van der Waals surface area contributed by atoms with Gasteiger partial charge in [-0.3, -0.25) is 4.79 Å². The van der Waals surface area contributed by atoms with Crippen LogP contribution in [0, 0.1) is 17.2 Å². The van der Waals surface area contributed by atoms with Crippen LogP contribution in [0.4, 0.5) is 0 Å². The molecule has 0 radical (unpaired) electrons. The summed E-state index contributed by atoms with van der Waals surface area (Å²) in [5, 5.41) is 13.6. The second-order valence-corrected chi connectivity index (χ2v) is 5.33. The minimum absolute atomic E-state index is 0.00203. The van der Waals surface area contributed by atoms with Crippen LogP contribution in [0.1, 0.15) is 36.7 Å². The Labute approximate surface area is 122 Å². The first-order chi connectivity index (χ1) is 10.2. The number of nitrogens with two attached hydrogens (primary N) is 1. The highest BCUT2D eigenvalue weighted by atomic mass is 16.2. The summed E-state index contributed by atoms with van der Waals surface area (Å²) in [4.78, 5) is 16.1. The fraction of sp³-hybridized carbons (Fsp3) is 0.312. The summed E-state index contributed by atoms with van der Waals surface area (Å²) in [5.41, 5.74) is 7.22. The van der Waals surface area contributed by atoms with Crippen molar-refractivity contribution < 1.29 is 4.79 Å². The maximum absolute atomic E-state index is 12.0. The molecule has 0 spiro atoms. The third-order valence-electron chi connectivity index (χ3n) is 4.04. The van der Waals surface area contributed by atoms with Gasteiger partial charge in [0.25, 0.3) is 0 Å². The smallest absolute Gasteiger partial charge is 0.224 e. The molecule has 3 N–H and O–H groups in total. The number of fused-ring (bicyclic) bond motifs is 1. The van der Waals surface area contributed by atoms with Gasteiger partial charge < -0.3 is 11.1 Å². The predicted octanol–water partition coefficient (Wildman–Crippen LogP) is 1.98. The van der Waals surface area contributed by atoms with Crippen LogP contribution in [0.25, 0.3) is 10.8 Å². The summed E-state index contributed by atoms with van der Waals surface area (Å²) >= 11 is 0. The Balaban J connectivity index is 1.93. The van der Waals surface area contributed by atoms with E-state index in [1.54, 1.807) is 6.20 Å². The van der Waals surface area contributed by atoms with E-state index < -0.39 is 6.17 Å². The van der Waals surface area contributed by atoms with E-state index in [0.29, 0.717) is 5.69 Å². The number of aromatic nitrogens is 1. The standard InChI is InChI=1S/C16H16N4O/c17-8-14-12-7-2-1-6-11(12)13(9-19-14)15(18)20-16(21)10-4-3-5-10/h1-2,6-7,9-10,15H,3-5,18H2,(H,20,21). The Morgan fingerprint density at radius 2 is 2.10 bits per heavy atom. The molecule has 0 saturated heterocycles. The molecule has 1 unspecified atom stereocenters. The van der Waals surface area contributed by atoms with E-state index in [-0.39, 0.29) is 11.8 Å². The molecule has 2 aromatic rings. The number of amides is 1. The molecule has 0 aliphatic heterocycles. The average Bonchev–Trinajstić information content (AvgIpc) is 2.44. The quantitative estimate of drug-likeness (QED) is 0.841. The van der Waals surface area contributed by atoms with Crippen molar-refractivity contribution in [1.82, 2.24) is 10.3 Å². The molecular formula is C16H16N4O. The summed E-state index contributed by atoms with van der Waals surface area (Å²) in [5.74, 6) is 0.0934. The monoisotopic (exact) mass is 280 g/mol. The summed E-state index contributed by atoms with van der Waals surface area (Å²) in [6.45, 7) is 0. The molecule has 1 amide bonds. The number of pyridine rings is 1. The van der Waals surface area contributed by atoms with E-state index in [2.05, 4.69) is 16.4 Å². The van der Waals surface area contributed by atoms with Crippen LogP contribution in [0.5, 0.6) is 0 Å². The van der Waals surface area contributed by atoms with Gasteiger partial charge in [0.15, 0.2) is 0 Å². The summed E-state index contributed by atoms with van der Waals surface area (Å²) < 4.78 is 0. The van der Waals surface area contributed by atoms with E-state index in [9.17, 15) is 4.79 Å². The molecule has 3 rings (SSSR count). The van der Waals surface area contributed by atoms with Gasteiger partial charge in [0.05, 0.1) is 0 Å². The number of rotatable bonds is 3. The SMILES string of the molecule is N#Cc1ncc(C(N)NC(=O)C2CCC2)c2ccccc12. The molecule has 1 aliphatic carbocycles. The third kappa shape index (κ3) is 2.46. The summed E-state index contributed by atoms with van der Waals surface area (Å²) in [6, 6.07) is 9.54. The lowest BCUT2D eigenvalue weighted by atomic mass is 9.84. The van der Waals surface area contributed by atoms with Gasteiger partial charge in [0.1, 0.15) is 17.9 Å². The molecule has 5 heteroatoms. The van der Waals surface area contributed by atoms with E-state index in [0.717, 1.165) is 35.6 Å². The highest BCUT2D eigenvalue weighted by Crippen LogP contribution is 2.28. The molecular weight excluding hydrogens is 264 g/mol. The lowest BCUT2D eigenvalue weighted by Gasteiger charge is -2.26. The molecule has 1 aromatic heterocycles. The number of benzene rings is 1. The van der Waals surface area contributed by atoms with Gasteiger partial charge in [-0.1, -0.05) is 30.7 Å². The largest absolute Gasteiger partial charge is 0.337 e. The van der Waals surface area contributed by atoms with Crippen LogP contribution in [0.15, 0.2) is 30.5 Å². The number of nitrogens with zero attached hydrogens (tertiary/aromatic N) is 2. The highest BCUT2D eigenvalue weighted by Gasteiger charge is 2.26. The van der Waals surface area contributed by atoms with Gasteiger partial charge in [-0.2, -0.15) is 5.26 Å². The van der Waals surface area contributed by atoms with Crippen molar-refractivity contribution in [2.75, 3.05) is 0 Å². The molecule has 1 atom stereocenters. The molecule has 1 heterocycles. The van der Waals surface area contributed by atoms with Gasteiger partial charge in [-0.25, -0.2) is 4.98 Å². The van der Waals surface area contributed by atoms with Crippen molar-refractivity contribution in [3.63, 3.8) is 0 Å². The van der Waals surface area contributed by atoms with Crippen molar-refractivity contribution in [2.24, 2.45) is 11.7 Å². The Morgan fingerprint density at radius 3 is 2.71 bits per heavy atom. The Hall–Kier alpha value is -2.45. The van der Waals surface area contributed by atoms with Crippen molar-refractivity contribution in [1.29, 1.82) is 5.26 Å². The summed E-state index contributed by atoms with van der Waals surface area (Å²) in [7, 11) is 0. The zero-order chi connectivity index (χ0) is 14.8. The topological polar surface area (TPSA) is 91.8 Å². The van der Waals surface area contributed by atoms with E-state index in [4.69, 9.17) is 11.0 Å². The molecule has 1 fully saturated rings. The molecule has 1 aromatic carbocycles. The Morgan fingerprint density at radius 1 is 1.38 bits per heavy atom. The maximum atomic E-state index is 12.0. The molecule has 5 nitrogen and oxygen atoms in total. The highest BCUT2D eigenvalue weighted by molar-refractivity contribution is 5.90. The molecule has 1 aliphatic rings. The van der Waals surface area contributed by atoms with Gasteiger partial charge in [0.2, 0.25) is 5.91 Å². The minimum atomic E-state index is -0.608. The van der Waals surface area contributed by atoms with Gasteiger partial charge in [0, 0.05) is 23.1 Å². The van der Waals surface area contributed by atoms with Crippen molar-refractivity contribution in [3.8, 4) is 6.07 Å². The first-order valence-electron chi connectivity index (χ1n) is 7.04. The number of nitrogens with one attached hydrogen (secondary N) is 1. The van der Waals surface area contributed by atoms with Gasteiger partial charge >= 0.3 is 0 Å². The fourth-order valence-electron chi connectivity index (χ4n) is 2.57. The molecule has 106 valence electrons. The second-order valence-electron chi connectivity index (χ2n) is 5.33. The van der Waals surface area contributed by atoms with Crippen molar-refractivity contribution >= 4 is 16.7 Å². The molecule has 0 bridgehead atoms. The van der Waals surface area contributed by atoms with E-state index in [1.807, 2.05) is 24.3 Å². The Bertz CT molecular complexity index is 731.